The zero-order chi connectivity index (χ0) is 18.5. The Labute approximate surface area is 162 Å². The van der Waals surface area contributed by atoms with Gasteiger partial charge in [0.1, 0.15) is 0 Å². The Kier molecular flexibility index (Phi) is 4.67. The molecule has 0 aromatic carbocycles. The van der Waals surface area contributed by atoms with Crippen molar-refractivity contribution in [2.45, 2.75) is 82.6 Å². The van der Waals surface area contributed by atoms with Crippen LogP contribution in [0.4, 0.5) is 0 Å². The van der Waals surface area contributed by atoms with Gasteiger partial charge in [-0.15, -0.1) is 0 Å². The first-order valence-corrected chi connectivity index (χ1v) is 11.2. The summed E-state index contributed by atoms with van der Waals surface area (Å²) in [6, 6.07) is 1.14. The fraction of sp³-hybridized carbons (Fsp3) is 0.905. The maximum atomic E-state index is 12.7. The van der Waals surface area contributed by atoms with Crippen molar-refractivity contribution in [3.8, 4) is 0 Å². The number of nitrogens with one attached hydrogen (secondary N) is 1. The Hall–Kier alpha value is -1.14. The molecule has 150 valence electrons. The molecule has 6 heteroatoms. The molecule has 6 atom stereocenters. The summed E-state index contributed by atoms with van der Waals surface area (Å²) in [6.45, 7) is 6.32. The Morgan fingerprint density at radius 2 is 1.93 bits per heavy atom. The minimum atomic E-state index is 0.246. The molecule has 0 spiro atoms. The van der Waals surface area contributed by atoms with Gasteiger partial charge in [0.2, 0.25) is 11.8 Å². The zero-order valence-corrected chi connectivity index (χ0v) is 16.6. The van der Waals surface area contributed by atoms with E-state index in [0.29, 0.717) is 42.2 Å². The molecular formula is C21H34N4O2. The lowest BCUT2D eigenvalue weighted by molar-refractivity contribution is -0.147. The summed E-state index contributed by atoms with van der Waals surface area (Å²) in [4.78, 5) is 32.0. The van der Waals surface area contributed by atoms with Crippen molar-refractivity contribution in [1.29, 1.82) is 0 Å². The number of piperidine rings is 4. The molecule has 1 N–H and O–H groups in total. The topological polar surface area (TPSA) is 55.9 Å². The van der Waals surface area contributed by atoms with Gasteiger partial charge in [-0.1, -0.05) is 0 Å². The molecule has 0 radical (unpaired) electrons. The second-order valence-corrected chi connectivity index (χ2v) is 9.75. The highest BCUT2D eigenvalue weighted by Gasteiger charge is 2.45. The van der Waals surface area contributed by atoms with E-state index in [4.69, 9.17) is 0 Å². The van der Waals surface area contributed by atoms with Gasteiger partial charge in [0.05, 0.1) is 6.17 Å². The van der Waals surface area contributed by atoms with Gasteiger partial charge >= 0.3 is 0 Å². The monoisotopic (exact) mass is 374 g/mol. The zero-order valence-electron chi connectivity index (χ0n) is 16.6. The van der Waals surface area contributed by atoms with Gasteiger partial charge in [-0.3, -0.25) is 14.9 Å². The van der Waals surface area contributed by atoms with Crippen LogP contribution in [-0.2, 0) is 9.59 Å². The van der Waals surface area contributed by atoms with E-state index in [9.17, 15) is 9.59 Å². The van der Waals surface area contributed by atoms with E-state index in [1.165, 1.54) is 19.3 Å². The molecule has 5 aliphatic rings. The van der Waals surface area contributed by atoms with Crippen LogP contribution in [-0.4, -0.2) is 77.0 Å². The Bertz CT molecular complexity index is 611. The van der Waals surface area contributed by atoms with Gasteiger partial charge in [0.15, 0.2) is 0 Å². The van der Waals surface area contributed by atoms with Crippen LogP contribution < -0.4 is 5.32 Å². The predicted octanol–water partition coefficient (Wildman–Crippen LogP) is 1.41. The second kappa shape index (κ2) is 7.03. The summed E-state index contributed by atoms with van der Waals surface area (Å²) in [5.74, 6) is 1.98. The molecule has 0 saturated carbocycles. The number of hydrogen-bond donors (Lipinski definition) is 1. The molecule has 6 nitrogen and oxygen atoms in total. The first-order valence-electron chi connectivity index (χ1n) is 11.2. The summed E-state index contributed by atoms with van der Waals surface area (Å²) in [5.41, 5.74) is 0. The molecule has 27 heavy (non-hydrogen) atoms. The van der Waals surface area contributed by atoms with E-state index < -0.39 is 0 Å². The van der Waals surface area contributed by atoms with Crippen LogP contribution in [0.2, 0.25) is 0 Å². The van der Waals surface area contributed by atoms with Crippen LogP contribution in [0, 0.1) is 11.8 Å². The third-order valence-corrected chi connectivity index (χ3v) is 7.78. The minimum absolute atomic E-state index is 0.246. The van der Waals surface area contributed by atoms with E-state index in [0.717, 1.165) is 51.9 Å². The Balaban J connectivity index is 1.22. The number of amides is 2. The van der Waals surface area contributed by atoms with Gasteiger partial charge in [-0.2, -0.15) is 0 Å². The highest BCUT2D eigenvalue weighted by atomic mass is 16.2. The molecule has 5 aliphatic heterocycles. The molecular weight excluding hydrogens is 340 g/mol. The third kappa shape index (κ3) is 3.29. The highest BCUT2D eigenvalue weighted by molar-refractivity contribution is 5.78. The van der Waals surface area contributed by atoms with Crippen molar-refractivity contribution in [1.82, 2.24) is 20.0 Å². The number of rotatable bonds is 2. The van der Waals surface area contributed by atoms with Crippen molar-refractivity contribution in [2.75, 3.05) is 26.2 Å². The van der Waals surface area contributed by atoms with Crippen LogP contribution in [0.25, 0.3) is 0 Å². The average molecular weight is 375 g/mol. The number of likely N-dealkylation sites (tertiary alicyclic amines) is 1. The summed E-state index contributed by atoms with van der Waals surface area (Å²) >= 11 is 0. The van der Waals surface area contributed by atoms with Crippen molar-refractivity contribution in [2.24, 2.45) is 11.8 Å². The number of carbonyl (C=O) groups is 2. The van der Waals surface area contributed by atoms with Crippen LogP contribution in [0.1, 0.15) is 58.3 Å². The summed E-state index contributed by atoms with van der Waals surface area (Å²) in [6.07, 6.45) is 8.63. The lowest BCUT2D eigenvalue weighted by Crippen LogP contribution is -2.65. The fourth-order valence-electron chi connectivity index (χ4n) is 6.71. The van der Waals surface area contributed by atoms with E-state index in [1.54, 1.807) is 0 Å². The van der Waals surface area contributed by atoms with Gasteiger partial charge < -0.3 is 14.7 Å². The van der Waals surface area contributed by atoms with Gasteiger partial charge in [0, 0.05) is 57.1 Å². The average Bonchev–Trinajstić information content (AvgIpc) is 2.62. The SMILES string of the molecule is CC1CCCC2NC(CN3C[C@@H]4C[C@@H](C3)C3CCCC(=O)N3C4)CC(=O)N12. The lowest BCUT2D eigenvalue weighted by atomic mass is 9.76. The number of nitrogens with zero attached hydrogens (tertiary/aromatic N) is 3. The molecule has 4 unspecified atom stereocenters. The Morgan fingerprint density at radius 1 is 1.04 bits per heavy atom. The molecule has 5 fully saturated rings. The van der Waals surface area contributed by atoms with Crippen LogP contribution in [0.3, 0.4) is 0 Å². The van der Waals surface area contributed by atoms with E-state index in [-0.39, 0.29) is 12.2 Å². The summed E-state index contributed by atoms with van der Waals surface area (Å²) in [7, 11) is 0. The van der Waals surface area contributed by atoms with Crippen molar-refractivity contribution >= 4 is 11.8 Å². The molecule has 2 bridgehead atoms. The molecule has 0 aromatic heterocycles. The van der Waals surface area contributed by atoms with Crippen LogP contribution >= 0.6 is 0 Å². The molecule has 0 aromatic rings. The quantitative estimate of drug-likeness (QED) is 0.794. The van der Waals surface area contributed by atoms with E-state index >= 15 is 0 Å². The minimum Gasteiger partial charge on any atom is -0.339 e. The molecule has 5 heterocycles. The van der Waals surface area contributed by atoms with Crippen LogP contribution in [0.15, 0.2) is 0 Å². The fourth-order valence-corrected chi connectivity index (χ4v) is 6.71. The normalized spacial score (nSPS) is 42.7. The largest absolute Gasteiger partial charge is 0.339 e. The number of fused-ring (bicyclic) bond motifs is 5. The molecule has 5 rings (SSSR count). The summed E-state index contributed by atoms with van der Waals surface area (Å²) < 4.78 is 0. The van der Waals surface area contributed by atoms with Gasteiger partial charge in [0.25, 0.3) is 0 Å². The van der Waals surface area contributed by atoms with E-state index in [1.807, 2.05) is 0 Å². The molecule has 5 saturated heterocycles. The standard InChI is InChI=1S/C21H34N4O2/c1-14-4-2-6-19-22-17(9-21(27)25(14)19)13-23-10-15-8-16(12-23)18-5-3-7-20(26)24(18)11-15/h14-19,22H,2-13H2,1H3/t14?,15-,16-,17?,18?,19?/m0/s1. The second-order valence-electron chi connectivity index (χ2n) is 9.75. The van der Waals surface area contributed by atoms with Crippen molar-refractivity contribution in [3.63, 3.8) is 0 Å². The van der Waals surface area contributed by atoms with Crippen molar-refractivity contribution < 1.29 is 9.59 Å². The summed E-state index contributed by atoms with van der Waals surface area (Å²) in [5, 5.41) is 3.79. The molecule has 0 aliphatic carbocycles. The maximum Gasteiger partial charge on any atom is 0.225 e. The third-order valence-electron chi connectivity index (χ3n) is 7.78. The first kappa shape index (κ1) is 17.9. The van der Waals surface area contributed by atoms with Crippen molar-refractivity contribution in [3.05, 3.63) is 0 Å². The first-order chi connectivity index (χ1) is 13.1. The maximum absolute atomic E-state index is 12.7. The Morgan fingerprint density at radius 3 is 2.81 bits per heavy atom. The number of hydrogen-bond acceptors (Lipinski definition) is 4. The highest BCUT2D eigenvalue weighted by Crippen LogP contribution is 2.38. The molecule has 2 amide bonds. The predicted molar refractivity (Wildman–Crippen MR) is 103 cm³/mol. The van der Waals surface area contributed by atoms with Gasteiger partial charge in [-0.05, 0) is 57.3 Å². The van der Waals surface area contributed by atoms with Crippen LogP contribution in [0.5, 0.6) is 0 Å². The lowest BCUT2D eigenvalue weighted by Gasteiger charge is -2.53. The van der Waals surface area contributed by atoms with E-state index in [2.05, 4.69) is 26.9 Å². The smallest absolute Gasteiger partial charge is 0.225 e. The number of carbonyl (C=O) groups excluding carboxylic acids is 2. The van der Waals surface area contributed by atoms with Gasteiger partial charge in [-0.25, -0.2) is 0 Å².